The summed E-state index contributed by atoms with van der Waals surface area (Å²) in [4.78, 5) is 2.17. The molecule has 0 aromatic heterocycles. The first-order valence-corrected chi connectivity index (χ1v) is 5.76. The third-order valence-electron chi connectivity index (χ3n) is 3.06. The molecule has 0 aromatic rings. The lowest BCUT2D eigenvalue weighted by Crippen LogP contribution is -2.47. The topological polar surface area (TPSA) is 15.3 Å². The van der Waals surface area contributed by atoms with E-state index in [0.29, 0.717) is 12.1 Å². The van der Waals surface area contributed by atoms with Crippen LogP contribution in [-0.2, 0) is 0 Å². The zero-order valence-corrected chi connectivity index (χ0v) is 10.7. The fourth-order valence-corrected chi connectivity index (χ4v) is 1.59. The molecule has 0 aliphatic heterocycles. The van der Waals surface area contributed by atoms with Gasteiger partial charge in [-0.25, -0.2) is 0 Å². The lowest BCUT2D eigenvalue weighted by Gasteiger charge is -2.37. The van der Waals surface area contributed by atoms with Gasteiger partial charge in [0.25, 0.3) is 0 Å². The quantitative estimate of drug-likeness (QED) is 0.711. The predicted octanol–water partition coefficient (Wildman–Crippen LogP) is 2.39. The summed E-state index contributed by atoms with van der Waals surface area (Å²) >= 11 is 5.35. The van der Waals surface area contributed by atoms with Gasteiger partial charge < -0.3 is 10.2 Å². The number of nitrogens with one attached hydrogen (secondary N) is 1. The molecule has 3 heteroatoms. The maximum Gasteiger partial charge on any atom is 0.169 e. The molecule has 14 heavy (non-hydrogen) atoms. The number of rotatable bonds is 2. The van der Waals surface area contributed by atoms with Crippen molar-refractivity contribution in [3.63, 3.8) is 0 Å². The lowest BCUT2D eigenvalue weighted by molar-refractivity contribution is 0.206. The van der Waals surface area contributed by atoms with Crippen molar-refractivity contribution in [2.45, 2.75) is 52.6 Å². The minimum atomic E-state index is 0.268. The summed E-state index contributed by atoms with van der Waals surface area (Å²) in [6.07, 6.45) is 2.55. The van der Waals surface area contributed by atoms with E-state index in [2.05, 4.69) is 45.0 Å². The molecule has 0 radical (unpaired) electrons. The fourth-order valence-electron chi connectivity index (χ4n) is 1.26. The molecule has 1 saturated carbocycles. The molecule has 0 heterocycles. The Morgan fingerprint density at radius 1 is 1.43 bits per heavy atom. The van der Waals surface area contributed by atoms with Crippen LogP contribution in [0, 0.1) is 5.41 Å². The molecule has 82 valence electrons. The van der Waals surface area contributed by atoms with Gasteiger partial charge >= 0.3 is 0 Å². The Morgan fingerprint density at radius 2 is 1.93 bits per heavy atom. The maximum absolute atomic E-state index is 5.35. The maximum atomic E-state index is 5.35. The monoisotopic (exact) mass is 214 g/mol. The molecule has 1 N–H and O–H groups in total. The molecule has 0 bridgehead atoms. The molecular weight excluding hydrogens is 192 g/mol. The number of hydrogen-bond acceptors (Lipinski definition) is 1. The van der Waals surface area contributed by atoms with Crippen LogP contribution in [0.4, 0.5) is 0 Å². The minimum Gasteiger partial charge on any atom is -0.360 e. The number of thiocarbonyl (C=S) groups is 1. The summed E-state index contributed by atoms with van der Waals surface area (Å²) in [5.41, 5.74) is 0.268. The summed E-state index contributed by atoms with van der Waals surface area (Å²) in [7, 11) is 2.08. The highest BCUT2D eigenvalue weighted by Crippen LogP contribution is 2.24. The average molecular weight is 214 g/mol. The van der Waals surface area contributed by atoms with Crippen LogP contribution in [0.5, 0.6) is 0 Å². The first-order valence-electron chi connectivity index (χ1n) is 5.35. The van der Waals surface area contributed by atoms with Gasteiger partial charge in [-0.1, -0.05) is 20.8 Å². The first kappa shape index (κ1) is 11.8. The molecule has 1 fully saturated rings. The standard InChI is InChI=1S/C11H22N2S/c1-8(11(2,3)4)13(5)10(14)12-9-6-7-9/h8-9H,6-7H2,1-5H3,(H,12,14). The molecule has 0 amide bonds. The van der Waals surface area contributed by atoms with Crippen LogP contribution in [0.2, 0.25) is 0 Å². The SMILES string of the molecule is CC(N(C)C(=S)NC1CC1)C(C)(C)C. The van der Waals surface area contributed by atoms with Gasteiger partial charge in [0.1, 0.15) is 0 Å². The molecule has 0 aromatic carbocycles. The Balaban J connectivity index is 2.45. The number of nitrogens with zero attached hydrogens (tertiary/aromatic N) is 1. The van der Waals surface area contributed by atoms with Gasteiger partial charge in [-0.05, 0) is 37.4 Å². The van der Waals surface area contributed by atoms with Crippen molar-refractivity contribution in [3.05, 3.63) is 0 Å². The zero-order valence-electron chi connectivity index (χ0n) is 9.92. The highest BCUT2D eigenvalue weighted by molar-refractivity contribution is 7.80. The summed E-state index contributed by atoms with van der Waals surface area (Å²) in [6.45, 7) is 8.95. The van der Waals surface area contributed by atoms with Crippen LogP contribution >= 0.6 is 12.2 Å². The summed E-state index contributed by atoms with van der Waals surface area (Å²) < 4.78 is 0. The van der Waals surface area contributed by atoms with Gasteiger partial charge in [-0.2, -0.15) is 0 Å². The fraction of sp³-hybridized carbons (Fsp3) is 0.909. The van der Waals surface area contributed by atoms with Crippen molar-refractivity contribution in [3.8, 4) is 0 Å². The average Bonchev–Trinajstić information content (AvgIpc) is 2.83. The molecule has 1 unspecified atom stereocenters. The van der Waals surface area contributed by atoms with E-state index in [1.54, 1.807) is 0 Å². The highest BCUT2D eigenvalue weighted by Gasteiger charge is 2.28. The van der Waals surface area contributed by atoms with Gasteiger partial charge in [-0.3, -0.25) is 0 Å². The van der Waals surface area contributed by atoms with Crippen molar-refractivity contribution >= 4 is 17.3 Å². The van der Waals surface area contributed by atoms with E-state index in [1.165, 1.54) is 12.8 Å². The zero-order chi connectivity index (χ0) is 10.9. The Bertz CT molecular complexity index is 216. The Kier molecular flexibility index (Phi) is 3.40. The van der Waals surface area contributed by atoms with E-state index < -0.39 is 0 Å². The van der Waals surface area contributed by atoms with E-state index in [-0.39, 0.29) is 5.41 Å². The Labute approximate surface area is 93.1 Å². The molecule has 1 aliphatic rings. The largest absolute Gasteiger partial charge is 0.360 e. The summed E-state index contributed by atoms with van der Waals surface area (Å²) in [5, 5.41) is 4.26. The molecule has 1 rings (SSSR count). The molecular formula is C11H22N2S. The van der Waals surface area contributed by atoms with E-state index in [9.17, 15) is 0 Å². The van der Waals surface area contributed by atoms with Crippen molar-refractivity contribution < 1.29 is 0 Å². The highest BCUT2D eigenvalue weighted by atomic mass is 32.1. The molecule has 0 saturated heterocycles. The Hall–Kier alpha value is -0.310. The van der Waals surface area contributed by atoms with Crippen LogP contribution in [0.3, 0.4) is 0 Å². The van der Waals surface area contributed by atoms with Gasteiger partial charge in [0.15, 0.2) is 5.11 Å². The van der Waals surface area contributed by atoms with Crippen molar-refractivity contribution in [2.24, 2.45) is 5.41 Å². The second-order valence-electron chi connectivity index (χ2n) is 5.38. The van der Waals surface area contributed by atoms with Crippen LogP contribution in [0.25, 0.3) is 0 Å². The van der Waals surface area contributed by atoms with Crippen LogP contribution in [0.15, 0.2) is 0 Å². The van der Waals surface area contributed by atoms with Crippen molar-refractivity contribution in [1.82, 2.24) is 10.2 Å². The van der Waals surface area contributed by atoms with E-state index >= 15 is 0 Å². The van der Waals surface area contributed by atoms with Crippen LogP contribution in [0.1, 0.15) is 40.5 Å². The lowest BCUT2D eigenvalue weighted by atomic mass is 9.87. The molecule has 1 atom stereocenters. The van der Waals surface area contributed by atoms with E-state index in [1.807, 2.05) is 0 Å². The van der Waals surface area contributed by atoms with Crippen molar-refractivity contribution in [1.29, 1.82) is 0 Å². The third-order valence-corrected chi connectivity index (χ3v) is 3.47. The number of hydrogen-bond donors (Lipinski definition) is 1. The second-order valence-corrected chi connectivity index (χ2v) is 5.76. The van der Waals surface area contributed by atoms with E-state index in [0.717, 1.165) is 5.11 Å². The van der Waals surface area contributed by atoms with Crippen LogP contribution in [-0.4, -0.2) is 29.1 Å². The van der Waals surface area contributed by atoms with Crippen LogP contribution < -0.4 is 5.32 Å². The normalized spacial score (nSPS) is 18.9. The van der Waals surface area contributed by atoms with Crippen molar-refractivity contribution in [2.75, 3.05) is 7.05 Å². The van der Waals surface area contributed by atoms with Gasteiger partial charge in [-0.15, -0.1) is 0 Å². The summed E-state index contributed by atoms with van der Waals surface area (Å²) in [6, 6.07) is 1.11. The van der Waals surface area contributed by atoms with Gasteiger partial charge in [0, 0.05) is 19.1 Å². The van der Waals surface area contributed by atoms with E-state index in [4.69, 9.17) is 12.2 Å². The summed E-state index contributed by atoms with van der Waals surface area (Å²) in [5.74, 6) is 0. The Morgan fingerprint density at radius 3 is 2.29 bits per heavy atom. The minimum absolute atomic E-state index is 0.268. The molecule has 0 spiro atoms. The first-order chi connectivity index (χ1) is 6.32. The molecule has 1 aliphatic carbocycles. The second kappa shape index (κ2) is 4.05. The van der Waals surface area contributed by atoms with Gasteiger partial charge in [0.05, 0.1) is 0 Å². The predicted molar refractivity (Wildman–Crippen MR) is 65.4 cm³/mol. The van der Waals surface area contributed by atoms with Gasteiger partial charge in [0.2, 0.25) is 0 Å². The third kappa shape index (κ3) is 3.12. The molecule has 2 nitrogen and oxygen atoms in total. The smallest absolute Gasteiger partial charge is 0.169 e.